The van der Waals surface area contributed by atoms with E-state index in [9.17, 15) is 4.79 Å². The summed E-state index contributed by atoms with van der Waals surface area (Å²) >= 11 is 0. The van der Waals surface area contributed by atoms with Gasteiger partial charge in [-0.25, -0.2) is 0 Å². The summed E-state index contributed by atoms with van der Waals surface area (Å²) in [4.78, 5) is 13.4. The molecule has 14 heavy (non-hydrogen) atoms. The number of rotatable bonds is 3. The second-order valence-corrected chi connectivity index (χ2v) is 2.42. The van der Waals surface area contributed by atoms with E-state index in [1.165, 1.54) is 0 Å². The third-order valence-electron chi connectivity index (χ3n) is 1.55. The lowest BCUT2D eigenvalue weighted by molar-refractivity contribution is -0.119. The lowest BCUT2D eigenvalue weighted by Gasteiger charge is -2.05. The maximum absolute atomic E-state index is 10.8. The van der Waals surface area contributed by atoms with Crippen LogP contribution in [0.2, 0.25) is 0 Å². The van der Waals surface area contributed by atoms with Gasteiger partial charge in [0.15, 0.2) is 0 Å². The first-order chi connectivity index (χ1) is 6.25. The first kappa shape index (κ1) is 12.0. The summed E-state index contributed by atoms with van der Waals surface area (Å²) in [6, 6.07) is 7.76. The summed E-state index contributed by atoms with van der Waals surface area (Å²) in [6.45, 7) is 0. The zero-order valence-electron chi connectivity index (χ0n) is 6.79. The molecule has 1 rings (SSSR count). The molecule has 2 N–H and O–H groups in total. The summed E-state index contributed by atoms with van der Waals surface area (Å²) in [5, 5.41) is 3.30. The molecule has 0 saturated heterocycles. The summed E-state index contributed by atoms with van der Waals surface area (Å²) < 4.78 is 0. The van der Waals surface area contributed by atoms with E-state index < -0.39 is 11.9 Å². The van der Waals surface area contributed by atoms with Crippen molar-refractivity contribution in [3.05, 3.63) is 46.3 Å². The minimum Gasteiger partial charge on any atom is -0.369 e. The minimum atomic E-state index is -0.911. The highest BCUT2D eigenvalue weighted by molar-refractivity contribution is 5.81. The quantitative estimate of drug-likeness (QED) is 0.443. The van der Waals surface area contributed by atoms with Gasteiger partial charge in [0.1, 0.15) is 6.04 Å². The summed E-state index contributed by atoms with van der Waals surface area (Å²) in [5.41, 5.74) is 13.9. The summed E-state index contributed by atoms with van der Waals surface area (Å²) in [6.07, 6.45) is 0. The number of primary amides is 1. The van der Waals surface area contributed by atoms with Crippen molar-refractivity contribution in [2.75, 3.05) is 0 Å². The lowest BCUT2D eigenvalue weighted by Crippen LogP contribution is -2.19. The second kappa shape index (κ2) is 5.61. The highest BCUT2D eigenvalue weighted by atomic mass is 16.1. The molecule has 0 unspecified atom stereocenters. The number of nitrogens with two attached hydrogens (primary N) is 1. The zero-order valence-corrected chi connectivity index (χ0v) is 6.79. The molecule has 0 aliphatic heterocycles. The topological polar surface area (TPSA) is 91.8 Å². The Bertz CT molecular complexity index is 341. The largest absolute Gasteiger partial charge is 0.369 e. The Morgan fingerprint density at radius 1 is 1.43 bits per heavy atom. The van der Waals surface area contributed by atoms with Gasteiger partial charge in [0.05, 0.1) is 0 Å². The predicted octanol–water partition coefficient (Wildman–Crippen LogP) is 2.16. The first-order valence-electron chi connectivity index (χ1n) is 3.64. The van der Waals surface area contributed by atoms with Crippen molar-refractivity contribution in [1.29, 1.82) is 0 Å². The van der Waals surface area contributed by atoms with Crippen LogP contribution in [0.3, 0.4) is 0 Å². The van der Waals surface area contributed by atoms with Crippen LogP contribution in [0.15, 0.2) is 35.4 Å². The third-order valence-corrected chi connectivity index (χ3v) is 1.55. The molecule has 5 nitrogen and oxygen atoms in total. The van der Waals surface area contributed by atoms with Gasteiger partial charge in [-0.15, -0.1) is 0 Å². The van der Waals surface area contributed by atoms with Crippen LogP contribution < -0.4 is 5.73 Å². The Kier molecular flexibility index (Phi) is 4.81. The molecule has 0 spiro atoms. The Hall–Kier alpha value is -2.00. The third kappa shape index (κ3) is 2.80. The Labute approximate surface area is 82.2 Å². The van der Waals surface area contributed by atoms with E-state index in [0.717, 1.165) is 0 Å². The molecule has 1 aromatic rings. The molecule has 0 radical (unpaired) electrons. The van der Waals surface area contributed by atoms with E-state index in [-0.39, 0.29) is 7.43 Å². The van der Waals surface area contributed by atoms with E-state index in [0.29, 0.717) is 5.56 Å². The SMILES string of the molecule is C.[N-]=[N+]=N[C@@H](C(N)=O)c1ccccc1. The standard InChI is InChI=1S/C8H8N4O.CH4/c9-8(13)7(11-12-10)6-4-2-1-3-5-6;/h1-5,7H,(H2,9,13);1H4/t7-;/m1./s1. The van der Waals surface area contributed by atoms with Gasteiger partial charge in [0.25, 0.3) is 0 Å². The molecule has 5 heteroatoms. The number of nitrogens with zero attached hydrogens (tertiary/aromatic N) is 3. The van der Waals surface area contributed by atoms with Crippen molar-refractivity contribution in [2.45, 2.75) is 13.5 Å². The number of carbonyl (C=O) groups excluding carboxylic acids is 1. The van der Waals surface area contributed by atoms with E-state index in [1.54, 1.807) is 30.3 Å². The molecule has 0 aromatic heterocycles. The van der Waals surface area contributed by atoms with Crippen LogP contribution in [0.1, 0.15) is 19.0 Å². The molecule has 0 aliphatic carbocycles. The van der Waals surface area contributed by atoms with Crippen LogP contribution in [0.5, 0.6) is 0 Å². The van der Waals surface area contributed by atoms with E-state index in [1.807, 2.05) is 0 Å². The number of benzene rings is 1. The van der Waals surface area contributed by atoms with Crippen molar-refractivity contribution < 1.29 is 4.79 Å². The van der Waals surface area contributed by atoms with Crippen molar-refractivity contribution in [1.82, 2.24) is 0 Å². The summed E-state index contributed by atoms with van der Waals surface area (Å²) in [7, 11) is 0. The van der Waals surface area contributed by atoms with Crippen molar-refractivity contribution in [3.8, 4) is 0 Å². The molecule has 0 bridgehead atoms. The number of azide groups is 1. The lowest BCUT2D eigenvalue weighted by atomic mass is 10.1. The Morgan fingerprint density at radius 2 is 2.00 bits per heavy atom. The molecule has 74 valence electrons. The van der Waals surface area contributed by atoms with E-state index >= 15 is 0 Å². The molecule has 1 aromatic carbocycles. The summed E-state index contributed by atoms with van der Waals surface area (Å²) in [5.74, 6) is -0.649. The van der Waals surface area contributed by atoms with Gasteiger partial charge in [-0.1, -0.05) is 42.9 Å². The molecule has 1 atom stereocenters. The van der Waals surface area contributed by atoms with Crippen LogP contribution in [0, 0.1) is 0 Å². The van der Waals surface area contributed by atoms with Gasteiger partial charge < -0.3 is 5.73 Å². The van der Waals surface area contributed by atoms with Crippen molar-refractivity contribution in [2.24, 2.45) is 10.8 Å². The second-order valence-electron chi connectivity index (χ2n) is 2.42. The van der Waals surface area contributed by atoms with Gasteiger partial charge in [0, 0.05) is 4.91 Å². The molecule has 0 heterocycles. The van der Waals surface area contributed by atoms with Crippen LogP contribution in [-0.4, -0.2) is 5.91 Å². The van der Waals surface area contributed by atoms with Crippen LogP contribution in [0.4, 0.5) is 0 Å². The van der Waals surface area contributed by atoms with Gasteiger partial charge in [-0.2, -0.15) is 0 Å². The average Bonchev–Trinajstić information content (AvgIpc) is 2.15. The number of hydrogen-bond donors (Lipinski definition) is 1. The predicted molar refractivity (Wildman–Crippen MR) is 54.3 cm³/mol. The van der Waals surface area contributed by atoms with Crippen LogP contribution in [0.25, 0.3) is 10.4 Å². The fourth-order valence-corrected chi connectivity index (χ4v) is 0.975. The molecule has 0 saturated carbocycles. The van der Waals surface area contributed by atoms with Gasteiger partial charge >= 0.3 is 0 Å². The van der Waals surface area contributed by atoms with E-state index in [4.69, 9.17) is 11.3 Å². The molecule has 0 fully saturated rings. The normalized spacial score (nSPS) is 10.6. The van der Waals surface area contributed by atoms with Gasteiger partial charge in [-0.05, 0) is 11.1 Å². The molecular formula is C9H12N4O. The molecule has 1 amide bonds. The highest BCUT2D eigenvalue weighted by Crippen LogP contribution is 2.16. The maximum atomic E-state index is 10.8. The van der Waals surface area contributed by atoms with Crippen molar-refractivity contribution >= 4 is 5.91 Å². The fourth-order valence-electron chi connectivity index (χ4n) is 0.975. The van der Waals surface area contributed by atoms with E-state index in [2.05, 4.69) is 10.0 Å². The minimum absolute atomic E-state index is 0. The van der Waals surface area contributed by atoms with Gasteiger partial charge in [-0.3, -0.25) is 4.79 Å². The average molecular weight is 192 g/mol. The van der Waals surface area contributed by atoms with Crippen LogP contribution in [-0.2, 0) is 4.79 Å². The Morgan fingerprint density at radius 3 is 2.43 bits per heavy atom. The molecule has 0 aliphatic rings. The smallest absolute Gasteiger partial charge is 0.230 e. The van der Waals surface area contributed by atoms with Crippen LogP contribution >= 0.6 is 0 Å². The zero-order chi connectivity index (χ0) is 9.68. The number of amides is 1. The maximum Gasteiger partial charge on any atom is 0.230 e. The highest BCUT2D eigenvalue weighted by Gasteiger charge is 2.14. The Balaban J connectivity index is 0.00000169. The fraction of sp³-hybridized carbons (Fsp3) is 0.222. The van der Waals surface area contributed by atoms with Gasteiger partial charge in [0.2, 0.25) is 5.91 Å². The first-order valence-corrected chi connectivity index (χ1v) is 3.64. The number of carbonyl (C=O) groups is 1. The monoisotopic (exact) mass is 192 g/mol. The number of hydrogen-bond acceptors (Lipinski definition) is 2. The van der Waals surface area contributed by atoms with Crippen molar-refractivity contribution in [3.63, 3.8) is 0 Å². The molecular weight excluding hydrogens is 180 g/mol.